The van der Waals surface area contributed by atoms with Gasteiger partial charge < -0.3 is 4.90 Å². The number of aromatic nitrogens is 4. The van der Waals surface area contributed by atoms with Crippen molar-refractivity contribution in [3.05, 3.63) is 54.1 Å². The molecule has 0 atom stereocenters. The van der Waals surface area contributed by atoms with Crippen LogP contribution in [0, 0.1) is 11.6 Å². The molecule has 1 aromatic carbocycles. The van der Waals surface area contributed by atoms with Crippen molar-refractivity contribution in [2.45, 2.75) is 13.0 Å². The summed E-state index contributed by atoms with van der Waals surface area (Å²) < 4.78 is 29.1. The highest BCUT2D eigenvalue weighted by Gasteiger charge is 2.20. The number of rotatable bonds is 3. The molecule has 0 bridgehead atoms. The van der Waals surface area contributed by atoms with E-state index in [0.717, 1.165) is 50.1 Å². The lowest BCUT2D eigenvalue weighted by Gasteiger charge is -2.23. The molecule has 0 spiro atoms. The smallest absolute Gasteiger partial charge is 0.203 e. The second-order valence-electron chi connectivity index (χ2n) is 6.17. The van der Waals surface area contributed by atoms with Crippen molar-refractivity contribution in [3.63, 3.8) is 0 Å². The fourth-order valence-electron chi connectivity index (χ4n) is 3.21. The highest BCUT2D eigenvalue weighted by molar-refractivity contribution is 5.63. The molecule has 1 aliphatic rings. The summed E-state index contributed by atoms with van der Waals surface area (Å²) in [5, 5.41) is 8.06. The van der Waals surface area contributed by atoms with Gasteiger partial charge in [0.15, 0.2) is 5.82 Å². The molecule has 0 saturated carbocycles. The molecule has 130 valence electrons. The standard InChI is InChI=1S/C17H18F2N6/c18-14-2-3-15(19)13(10-14)11-23-5-1-6-24(9-8-23)16-17-22-21-12-25(17)7-4-20-16/h2-4,7,10,12H,1,5-6,8-9,11H2. The molecule has 0 amide bonds. The van der Waals surface area contributed by atoms with Crippen molar-refractivity contribution in [1.82, 2.24) is 24.5 Å². The quantitative estimate of drug-likeness (QED) is 0.728. The Morgan fingerprint density at radius 3 is 2.92 bits per heavy atom. The first-order valence-corrected chi connectivity index (χ1v) is 8.26. The fourth-order valence-corrected chi connectivity index (χ4v) is 3.21. The Balaban J connectivity index is 1.49. The lowest BCUT2D eigenvalue weighted by atomic mass is 10.2. The van der Waals surface area contributed by atoms with Gasteiger partial charge in [-0.2, -0.15) is 0 Å². The van der Waals surface area contributed by atoms with Gasteiger partial charge in [0.25, 0.3) is 0 Å². The SMILES string of the molecule is Fc1ccc(F)c(CN2CCCN(c3nccn4cnnc34)CC2)c1. The van der Waals surface area contributed by atoms with Crippen molar-refractivity contribution < 1.29 is 8.78 Å². The van der Waals surface area contributed by atoms with Crippen LogP contribution < -0.4 is 4.90 Å². The predicted molar refractivity (Wildman–Crippen MR) is 89.2 cm³/mol. The Kier molecular flexibility index (Phi) is 4.27. The van der Waals surface area contributed by atoms with Gasteiger partial charge in [-0.3, -0.25) is 9.30 Å². The van der Waals surface area contributed by atoms with Crippen molar-refractivity contribution in [2.24, 2.45) is 0 Å². The van der Waals surface area contributed by atoms with E-state index >= 15 is 0 Å². The molecule has 2 aromatic heterocycles. The summed E-state index contributed by atoms with van der Waals surface area (Å²) in [5.41, 5.74) is 1.12. The molecular weight excluding hydrogens is 326 g/mol. The van der Waals surface area contributed by atoms with Crippen LogP contribution in [0.5, 0.6) is 0 Å². The Hall–Kier alpha value is -2.61. The molecule has 3 heterocycles. The zero-order valence-electron chi connectivity index (χ0n) is 13.6. The minimum Gasteiger partial charge on any atom is -0.352 e. The van der Waals surface area contributed by atoms with Gasteiger partial charge in [-0.05, 0) is 24.6 Å². The average molecular weight is 344 g/mol. The van der Waals surface area contributed by atoms with E-state index in [-0.39, 0.29) is 5.82 Å². The van der Waals surface area contributed by atoms with Crippen molar-refractivity contribution >= 4 is 11.5 Å². The molecule has 1 fully saturated rings. The molecule has 0 unspecified atom stereocenters. The molecule has 3 aromatic rings. The minimum absolute atomic E-state index is 0.364. The third kappa shape index (κ3) is 3.30. The van der Waals surface area contributed by atoms with E-state index in [4.69, 9.17) is 0 Å². The van der Waals surface area contributed by atoms with Crippen LogP contribution in [0.25, 0.3) is 5.65 Å². The van der Waals surface area contributed by atoms with E-state index in [1.807, 2.05) is 10.6 Å². The largest absolute Gasteiger partial charge is 0.352 e. The third-order valence-electron chi connectivity index (χ3n) is 4.49. The maximum Gasteiger partial charge on any atom is 0.203 e. The van der Waals surface area contributed by atoms with Gasteiger partial charge in [-0.1, -0.05) is 0 Å². The zero-order valence-corrected chi connectivity index (χ0v) is 13.6. The molecule has 25 heavy (non-hydrogen) atoms. The third-order valence-corrected chi connectivity index (χ3v) is 4.49. The summed E-state index contributed by atoms with van der Waals surface area (Å²) in [5.74, 6) is 0.0340. The number of hydrogen-bond acceptors (Lipinski definition) is 5. The normalized spacial score (nSPS) is 16.3. The van der Waals surface area contributed by atoms with Crippen molar-refractivity contribution in [1.29, 1.82) is 0 Å². The molecule has 4 rings (SSSR count). The minimum atomic E-state index is -0.407. The Labute approximate surface area is 143 Å². The van der Waals surface area contributed by atoms with Crippen LogP contribution >= 0.6 is 0 Å². The second kappa shape index (κ2) is 6.72. The molecular formula is C17H18F2N6. The lowest BCUT2D eigenvalue weighted by molar-refractivity contribution is 0.280. The molecule has 0 N–H and O–H groups in total. The summed E-state index contributed by atoms with van der Waals surface area (Å²) in [6, 6.07) is 3.61. The number of anilines is 1. The van der Waals surface area contributed by atoms with E-state index in [9.17, 15) is 8.78 Å². The predicted octanol–water partition coefficient (Wildman–Crippen LogP) is 2.11. The van der Waals surface area contributed by atoms with Crippen LogP contribution in [0.3, 0.4) is 0 Å². The van der Waals surface area contributed by atoms with Crippen molar-refractivity contribution in [2.75, 3.05) is 31.1 Å². The van der Waals surface area contributed by atoms with Gasteiger partial charge in [-0.25, -0.2) is 13.8 Å². The van der Waals surface area contributed by atoms with Gasteiger partial charge in [0.2, 0.25) is 5.65 Å². The molecule has 1 saturated heterocycles. The first-order chi connectivity index (χ1) is 12.2. The second-order valence-corrected chi connectivity index (χ2v) is 6.17. The van der Waals surface area contributed by atoms with Crippen LogP contribution in [0.15, 0.2) is 36.9 Å². The van der Waals surface area contributed by atoms with Gasteiger partial charge in [0, 0.05) is 50.7 Å². The summed E-state index contributed by atoms with van der Waals surface area (Å²) >= 11 is 0. The lowest BCUT2D eigenvalue weighted by Crippen LogP contribution is -2.31. The van der Waals surface area contributed by atoms with E-state index in [2.05, 4.69) is 25.0 Å². The van der Waals surface area contributed by atoms with Crippen LogP contribution in [-0.2, 0) is 6.54 Å². The number of benzene rings is 1. The highest BCUT2D eigenvalue weighted by Crippen LogP contribution is 2.19. The average Bonchev–Trinajstić information content (AvgIpc) is 2.98. The van der Waals surface area contributed by atoms with Gasteiger partial charge in [0.1, 0.15) is 18.0 Å². The highest BCUT2D eigenvalue weighted by atomic mass is 19.1. The number of fused-ring (bicyclic) bond motifs is 1. The monoisotopic (exact) mass is 344 g/mol. The first kappa shape index (κ1) is 15.9. The molecule has 8 heteroatoms. The van der Waals surface area contributed by atoms with Crippen LogP contribution in [-0.4, -0.2) is 50.7 Å². The van der Waals surface area contributed by atoms with Gasteiger partial charge in [-0.15, -0.1) is 10.2 Å². The Morgan fingerprint density at radius 2 is 2.00 bits per heavy atom. The van der Waals surface area contributed by atoms with E-state index in [1.54, 1.807) is 12.5 Å². The molecule has 1 aliphatic heterocycles. The maximum atomic E-state index is 13.9. The van der Waals surface area contributed by atoms with E-state index in [0.29, 0.717) is 12.1 Å². The molecule has 0 radical (unpaired) electrons. The first-order valence-electron chi connectivity index (χ1n) is 8.26. The Morgan fingerprint density at radius 1 is 1.08 bits per heavy atom. The van der Waals surface area contributed by atoms with Crippen LogP contribution in [0.1, 0.15) is 12.0 Å². The Bertz CT molecular complexity index is 880. The fraction of sp³-hybridized carbons (Fsp3) is 0.353. The zero-order chi connectivity index (χ0) is 17.2. The van der Waals surface area contributed by atoms with E-state index in [1.165, 1.54) is 12.1 Å². The van der Waals surface area contributed by atoms with E-state index < -0.39 is 5.82 Å². The van der Waals surface area contributed by atoms with Gasteiger partial charge >= 0.3 is 0 Å². The summed E-state index contributed by atoms with van der Waals surface area (Å²) in [6.45, 7) is 3.55. The maximum absolute atomic E-state index is 13.9. The molecule has 0 aliphatic carbocycles. The summed E-state index contributed by atoms with van der Waals surface area (Å²) in [4.78, 5) is 8.77. The number of nitrogens with zero attached hydrogens (tertiary/aromatic N) is 6. The summed E-state index contributed by atoms with van der Waals surface area (Å²) in [7, 11) is 0. The number of hydrogen-bond donors (Lipinski definition) is 0. The molecule has 6 nitrogen and oxygen atoms in total. The summed E-state index contributed by atoms with van der Waals surface area (Å²) in [6.07, 6.45) is 6.11. The topological polar surface area (TPSA) is 49.6 Å². The van der Waals surface area contributed by atoms with Crippen LogP contribution in [0.2, 0.25) is 0 Å². The van der Waals surface area contributed by atoms with Crippen LogP contribution in [0.4, 0.5) is 14.6 Å². The van der Waals surface area contributed by atoms with Crippen molar-refractivity contribution in [3.8, 4) is 0 Å². The number of halogens is 2. The van der Waals surface area contributed by atoms with Gasteiger partial charge in [0.05, 0.1) is 0 Å².